The van der Waals surface area contributed by atoms with Gasteiger partial charge in [-0.3, -0.25) is 9.63 Å². The summed E-state index contributed by atoms with van der Waals surface area (Å²) in [5, 5.41) is 8.31. The van der Waals surface area contributed by atoms with Gasteiger partial charge >= 0.3 is 5.97 Å². The molecule has 0 radical (unpaired) electrons. The molecule has 6 nitrogen and oxygen atoms in total. The number of ether oxygens (including phenoxy) is 1. The van der Waals surface area contributed by atoms with E-state index in [1.807, 2.05) is 37.5 Å². The molecular formula is C13H17NO5. The van der Waals surface area contributed by atoms with E-state index in [1.54, 1.807) is 0 Å². The predicted molar refractivity (Wildman–Crippen MR) is 67.8 cm³/mol. The molecule has 0 heterocycles. The quantitative estimate of drug-likeness (QED) is 0.725. The Kier molecular flexibility index (Phi) is 5.81. The molecule has 1 rings (SSSR count). The van der Waals surface area contributed by atoms with Crippen LogP contribution in [0.4, 0.5) is 0 Å². The zero-order valence-corrected chi connectivity index (χ0v) is 10.9. The second-order valence-corrected chi connectivity index (χ2v) is 4.08. The molecule has 0 aliphatic carbocycles. The summed E-state index contributed by atoms with van der Waals surface area (Å²) in [4.78, 5) is 25.9. The molecule has 0 aromatic heterocycles. The van der Waals surface area contributed by atoms with Crippen molar-refractivity contribution in [1.82, 2.24) is 5.48 Å². The van der Waals surface area contributed by atoms with Crippen LogP contribution in [0.25, 0.3) is 0 Å². The summed E-state index contributed by atoms with van der Waals surface area (Å²) in [5.41, 5.74) is 4.10. The van der Waals surface area contributed by atoms with E-state index < -0.39 is 18.5 Å². The van der Waals surface area contributed by atoms with Gasteiger partial charge in [0.15, 0.2) is 6.61 Å². The van der Waals surface area contributed by atoms with Gasteiger partial charge in [0.1, 0.15) is 5.75 Å². The van der Waals surface area contributed by atoms with Crippen LogP contribution < -0.4 is 10.2 Å². The number of carbonyl (C=O) groups excluding carboxylic acids is 1. The number of benzene rings is 1. The van der Waals surface area contributed by atoms with Crippen molar-refractivity contribution in [1.29, 1.82) is 0 Å². The minimum atomic E-state index is -1.15. The number of rotatable bonds is 7. The van der Waals surface area contributed by atoms with Crippen LogP contribution in [0.5, 0.6) is 5.75 Å². The van der Waals surface area contributed by atoms with Gasteiger partial charge in [-0.25, -0.2) is 10.3 Å². The Balaban J connectivity index is 2.28. The molecule has 0 unspecified atom stereocenters. The molecule has 0 fully saturated rings. The second kappa shape index (κ2) is 7.38. The van der Waals surface area contributed by atoms with Crippen molar-refractivity contribution in [3.8, 4) is 5.75 Å². The van der Waals surface area contributed by atoms with Crippen LogP contribution in [0.15, 0.2) is 18.2 Å². The normalized spacial score (nSPS) is 10.0. The first-order valence-electron chi connectivity index (χ1n) is 5.81. The average molecular weight is 267 g/mol. The van der Waals surface area contributed by atoms with Crippen molar-refractivity contribution in [2.75, 3.05) is 13.2 Å². The summed E-state index contributed by atoms with van der Waals surface area (Å²) in [6.07, 6.45) is 0.0903. The molecule has 0 aliphatic rings. The lowest BCUT2D eigenvalue weighted by atomic mass is 10.1. The van der Waals surface area contributed by atoms with Gasteiger partial charge in [0, 0.05) is 0 Å². The fourth-order valence-corrected chi connectivity index (χ4v) is 1.35. The first kappa shape index (κ1) is 15.0. The molecule has 1 amide bonds. The maximum absolute atomic E-state index is 11.3. The summed E-state index contributed by atoms with van der Waals surface area (Å²) in [5.74, 6) is -0.835. The molecule has 6 heteroatoms. The molecule has 0 atom stereocenters. The van der Waals surface area contributed by atoms with Crippen molar-refractivity contribution in [3.05, 3.63) is 29.3 Å². The van der Waals surface area contributed by atoms with Crippen LogP contribution in [-0.4, -0.2) is 30.2 Å². The van der Waals surface area contributed by atoms with Gasteiger partial charge < -0.3 is 9.84 Å². The number of hydrogen-bond donors (Lipinski definition) is 2. The first-order valence-corrected chi connectivity index (χ1v) is 5.81. The van der Waals surface area contributed by atoms with Gasteiger partial charge in [0.05, 0.1) is 13.0 Å². The van der Waals surface area contributed by atoms with Crippen LogP contribution in [-0.2, 0) is 14.4 Å². The molecule has 1 aromatic rings. The third-order valence-electron chi connectivity index (χ3n) is 2.31. The smallest absolute Gasteiger partial charge is 0.332 e. The number of aryl methyl sites for hydroxylation is 2. The summed E-state index contributed by atoms with van der Waals surface area (Å²) in [7, 11) is 0. The first-order chi connectivity index (χ1) is 8.99. The highest BCUT2D eigenvalue weighted by molar-refractivity contribution is 5.75. The molecule has 0 bridgehead atoms. The highest BCUT2D eigenvalue weighted by Crippen LogP contribution is 2.19. The van der Waals surface area contributed by atoms with Crippen molar-refractivity contribution in [3.63, 3.8) is 0 Å². The van der Waals surface area contributed by atoms with Crippen LogP contribution in [0.1, 0.15) is 17.5 Å². The van der Waals surface area contributed by atoms with E-state index in [-0.39, 0.29) is 13.0 Å². The Morgan fingerprint density at radius 2 is 2.05 bits per heavy atom. The lowest BCUT2D eigenvalue weighted by molar-refractivity contribution is -0.149. The zero-order chi connectivity index (χ0) is 14.3. The fraction of sp³-hybridized carbons (Fsp3) is 0.385. The summed E-state index contributed by atoms with van der Waals surface area (Å²) in [6, 6.07) is 5.82. The van der Waals surface area contributed by atoms with Crippen molar-refractivity contribution < 1.29 is 24.3 Å². The van der Waals surface area contributed by atoms with Crippen LogP contribution >= 0.6 is 0 Å². The highest BCUT2D eigenvalue weighted by atomic mass is 16.7. The van der Waals surface area contributed by atoms with Gasteiger partial charge in [-0.05, 0) is 31.0 Å². The minimum Gasteiger partial charge on any atom is -0.493 e. The van der Waals surface area contributed by atoms with E-state index in [0.29, 0.717) is 0 Å². The lowest BCUT2D eigenvalue weighted by Gasteiger charge is -2.09. The number of hydroxylamine groups is 1. The number of nitrogens with one attached hydrogen (secondary N) is 1. The Morgan fingerprint density at radius 1 is 1.32 bits per heavy atom. The van der Waals surface area contributed by atoms with E-state index in [4.69, 9.17) is 9.84 Å². The van der Waals surface area contributed by atoms with E-state index >= 15 is 0 Å². The largest absolute Gasteiger partial charge is 0.493 e. The molecular weight excluding hydrogens is 250 g/mol. The minimum absolute atomic E-state index is 0.0903. The van der Waals surface area contributed by atoms with Gasteiger partial charge in [-0.1, -0.05) is 12.1 Å². The predicted octanol–water partition coefficient (Wildman–Crippen LogP) is 1.20. The Labute approximate surface area is 111 Å². The van der Waals surface area contributed by atoms with E-state index in [9.17, 15) is 9.59 Å². The Morgan fingerprint density at radius 3 is 2.74 bits per heavy atom. The molecule has 19 heavy (non-hydrogen) atoms. The van der Waals surface area contributed by atoms with Crippen molar-refractivity contribution in [2.45, 2.75) is 20.3 Å². The molecule has 0 saturated carbocycles. The third-order valence-corrected chi connectivity index (χ3v) is 2.31. The maximum atomic E-state index is 11.3. The Bertz CT molecular complexity index is 458. The van der Waals surface area contributed by atoms with E-state index in [1.165, 1.54) is 0 Å². The standard InChI is InChI=1S/C13H17NO5/c1-9-3-4-10(2)11(7-9)18-6-5-12(15)14-19-8-13(16)17/h3-4,7H,5-6,8H2,1-2H3,(H,14,15)(H,16,17). The number of hydrogen-bond acceptors (Lipinski definition) is 4. The number of carboxylic acid groups (broad SMARTS) is 1. The van der Waals surface area contributed by atoms with Crippen LogP contribution in [0, 0.1) is 13.8 Å². The van der Waals surface area contributed by atoms with Crippen molar-refractivity contribution >= 4 is 11.9 Å². The Hall–Kier alpha value is -2.08. The molecule has 0 aliphatic heterocycles. The number of amides is 1. The van der Waals surface area contributed by atoms with Crippen LogP contribution in [0.2, 0.25) is 0 Å². The molecule has 104 valence electrons. The van der Waals surface area contributed by atoms with E-state index in [2.05, 4.69) is 4.84 Å². The van der Waals surface area contributed by atoms with Gasteiger partial charge in [-0.15, -0.1) is 0 Å². The van der Waals surface area contributed by atoms with Crippen LogP contribution in [0.3, 0.4) is 0 Å². The second-order valence-electron chi connectivity index (χ2n) is 4.08. The average Bonchev–Trinajstić information content (AvgIpc) is 2.33. The summed E-state index contributed by atoms with van der Waals surface area (Å²) < 4.78 is 5.48. The highest BCUT2D eigenvalue weighted by Gasteiger charge is 2.05. The molecule has 1 aromatic carbocycles. The number of carboxylic acids is 1. The van der Waals surface area contributed by atoms with Gasteiger partial charge in [0.25, 0.3) is 0 Å². The lowest BCUT2D eigenvalue weighted by Crippen LogP contribution is -2.27. The zero-order valence-electron chi connectivity index (χ0n) is 10.9. The number of aliphatic carboxylic acids is 1. The monoisotopic (exact) mass is 267 g/mol. The summed E-state index contributed by atoms with van der Waals surface area (Å²) in [6.45, 7) is 3.51. The maximum Gasteiger partial charge on any atom is 0.332 e. The molecule has 2 N–H and O–H groups in total. The van der Waals surface area contributed by atoms with Gasteiger partial charge in [-0.2, -0.15) is 0 Å². The summed E-state index contributed by atoms with van der Waals surface area (Å²) >= 11 is 0. The topological polar surface area (TPSA) is 84.9 Å². The SMILES string of the molecule is Cc1ccc(C)c(OCCC(=O)NOCC(=O)O)c1. The van der Waals surface area contributed by atoms with Gasteiger partial charge in [0.2, 0.25) is 5.91 Å². The molecule has 0 saturated heterocycles. The molecule has 0 spiro atoms. The van der Waals surface area contributed by atoms with E-state index in [0.717, 1.165) is 16.9 Å². The fourth-order valence-electron chi connectivity index (χ4n) is 1.35. The number of carbonyl (C=O) groups is 2. The third kappa shape index (κ3) is 5.87. The van der Waals surface area contributed by atoms with Crippen molar-refractivity contribution in [2.24, 2.45) is 0 Å².